The second-order valence-corrected chi connectivity index (χ2v) is 2.82. The molecule has 2 rings (SSSR count). The van der Waals surface area contributed by atoms with Crippen molar-refractivity contribution in [3.8, 4) is 5.69 Å². The van der Waals surface area contributed by atoms with Gasteiger partial charge in [0.05, 0.1) is 0 Å². The monoisotopic (exact) mass is 194 g/mol. The van der Waals surface area contributed by atoms with E-state index >= 15 is 0 Å². The van der Waals surface area contributed by atoms with Gasteiger partial charge >= 0.3 is 0 Å². The first-order valence-electron chi connectivity index (χ1n) is 3.59. The van der Waals surface area contributed by atoms with Crippen molar-refractivity contribution in [2.24, 2.45) is 0 Å². The van der Waals surface area contributed by atoms with Crippen LogP contribution in [0.4, 0.5) is 0 Å². The largest absolute Gasteiger partial charge is 0.337 e. The molecule has 0 saturated heterocycles. The fourth-order valence-corrected chi connectivity index (χ4v) is 1.14. The Balaban J connectivity index is 2.67. The van der Waals surface area contributed by atoms with E-state index in [0.29, 0.717) is 10.5 Å². The lowest BCUT2D eigenvalue weighted by Crippen LogP contribution is -2.15. The summed E-state index contributed by atoms with van der Waals surface area (Å²) in [6.45, 7) is 0. The summed E-state index contributed by atoms with van der Waals surface area (Å²) in [7, 11) is 0. The Morgan fingerprint density at radius 1 is 1.54 bits per heavy atom. The zero-order chi connectivity index (χ0) is 9.26. The Kier molecular flexibility index (Phi) is 1.82. The molecule has 2 aromatic heterocycles. The molecule has 2 N–H and O–H groups in total. The first-order valence-corrected chi connectivity index (χ1v) is 4.00. The third-order valence-electron chi connectivity index (χ3n) is 1.55. The molecule has 6 heteroatoms. The van der Waals surface area contributed by atoms with Crippen LogP contribution >= 0.6 is 12.2 Å². The SMILES string of the molecule is O=c1[nH]c(=S)[nH]cc1-n1cccn1. The molecule has 2 heterocycles. The molecule has 0 aliphatic heterocycles. The van der Waals surface area contributed by atoms with Gasteiger partial charge in [-0.1, -0.05) is 0 Å². The molecule has 0 aliphatic rings. The third kappa shape index (κ3) is 1.43. The highest BCUT2D eigenvalue weighted by Crippen LogP contribution is 1.94. The number of rotatable bonds is 1. The highest BCUT2D eigenvalue weighted by Gasteiger charge is 2.00. The molecule has 0 aliphatic carbocycles. The van der Waals surface area contributed by atoms with Crippen LogP contribution in [0.1, 0.15) is 0 Å². The average Bonchev–Trinajstić information content (AvgIpc) is 2.56. The van der Waals surface area contributed by atoms with E-state index in [9.17, 15) is 4.79 Å². The van der Waals surface area contributed by atoms with E-state index < -0.39 is 0 Å². The number of aromatic nitrogens is 4. The molecule has 0 unspecified atom stereocenters. The number of nitrogens with zero attached hydrogens (tertiary/aromatic N) is 2. The Hall–Kier alpha value is -1.69. The zero-order valence-electron chi connectivity index (χ0n) is 6.52. The van der Waals surface area contributed by atoms with E-state index in [1.807, 2.05) is 0 Å². The van der Waals surface area contributed by atoms with E-state index in [-0.39, 0.29) is 5.56 Å². The Morgan fingerprint density at radius 2 is 2.38 bits per heavy atom. The van der Waals surface area contributed by atoms with E-state index in [1.54, 1.807) is 18.5 Å². The van der Waals surface area contributed by atoms with Crippen molar-refractivity contribution in [1.29, 1.82) is 0 Å². The molecule has 0 fully saturated rings. The van der Waals surface area contributed by atoms with Crippen LogP contribution in [-0.4, -0.2) is 19.7 Å². The molecule has 0 atom stereocenters. The third-order valence-corrected chi connectivity index (χ3v) is 1.77. The summed E-state index contributed by atoms with van der Waals surface area (Å²) in [6.07, 6.45) is 4.80. The van der Waals surface area contributed by atoms with Gasteiger partial charge in [-0.15, -0.1) is 0 Å². The lowest BCUT2D eigenvalue weighted by Gasteiger charge is -1.97. The molecule has 0 spiro atoms. The smallest absolute Gasteiger partial charge is 0.277 e. The number of aromatic amines is 2. The maximum absolute atomic E-state index is 11.3. The fourth-order valence-electron chi connectivity index (χ4n) is 0.984. The molecule has 13 heavy (non-hydrogen) atoms. The van der Waals surface area contributed by atoms with Crippen LogP contribution in [0.2, 0.25) is 0 Å². The fraction of sp³-hybridized carbons (Fsp3) is 0. The minimum absolute atomic E-state index is 0.257. The van der Waals surface area contributed by atoms with Crippen molar-refractivity contribution in [1.82, 2.24) is 19.7 Å². The van der Waals surface area contributed by atoms with Crippen molar-refractivity contribution in [3.63, 3.8) is 0 Å². The second-order valence-electron chi connectivity index (χ2n) is 2.41. The van der Waals surface area contributed by atoms with Gasteiger partial charge in [-0.3, -0.25) is 9.78 Å². The van der Waals surface area contributed by atoms with Gasteiger partial charge in [0.2, 0.25) is 0 Å². The number of nitrogens with one attached hydrogen (secondary N) is 2. The van der Waals surface area contributed by atoms with Gasteiger partial charge in [-0.2, -0.15) is 5.10 Å². The number of hydrogen-bond acceptors (Lipinski definition) is 3. The minimum atomic E-state index is -0.257. The van der Waals surface area contributed by atoms with Gasteiger partial charge in [0.25, 0.3) is 5.56 Å². The van der Waals surface area contributed by atoms with Crippen LogP contribution in [-0.2, 0) is 0 Å². The summed E-state index contributed by atoms with van der Waals surface area (Å²) in [5.74, 6) is 0. The first-order chi connectivity index (χ1) is 6.27. The predicted molar refractivity (Wildman–Crippen MR) is 49.4 cm³/mol. The van der Waals surface area contributed by atoms with Gasteiger partial charge in [-0.05, 0) is 18.3 Å². The summed E-state index contributed by atoms with van der Waals surface area (Å²) < 4.78 is 1.77. The summed E-state index contributed by atoms with van der Waals surface area (Å²) in [6, 6.07) is 1.74. The van der Waals surface area contributed by atoms with Gasteiger partial charge in [0.1, 0.15) is 5.69 Å². The molecule has 66 valence electrons. The molecule has 0 aromatic carbocycles. The van der Waals surface area contributed by atoms with Crippen LogP contribution in [0, 0.1) is 4.77 Å². The molecule has 0 radical (unpaired) electrons. The van der Waals surface area contributed by atoms with Crippen molar-refractivity contribution in [2.75, 3.05) is 0 Å². The molecule has 0 saturated carbocycles. The van der Waals surface area contributed by atoms with E-state index in [1.165, 1.54) is 10.9 Å². The van der Waals surface area contributed by atoms with Crippen LogP contribution in [0.5, 0.6) is 0 Å². The summed E-state index contributed by atoms with van der Waals surface area (Å²) >= 11 is 4.75. The van der Waals surface area contributed by atoms with Crippen LogP contribution in [0.25, 0.3) is 5.69 Å². The molecule has 0 amide bonds. The Labute approximate surface area is 78.1 Å². The first kappa shape index (κ1) is 7.93. The molecule has 2 aromatic rings. The van der Waals surface area contributed by atoms with Gasteiger partial charge in [-0.25, -0.2) is 4.68 Å². The van der Waals surface area contributed by atoms with Crippen LogP contribution < -0.4 is 5.56 Å². The topological polar surface area (TPSA) is 66.5 Å². The highest BCUT2D eigenvalue weighted by molar-refractivity contribution is 7.71. The Morgan fingerprint density at radius 3 is 3.00 bits per heavy atom. The highest BCUT2D eigenvalue weighted by atomic mass is 32.1. The Bertz CT molecular complexity index is 510. The van der Waals surface area contributed by atoms with Crippen molar-refractivity contribution in [2.45, 2.75) is 0 Å². The maximum atomic E-state index is 11.3. The van der Waals surface area contributed by atoms with E-state index in [2.05, 4.69) is 15.1 Å². The molecular formula is C7H6N4OS. The second kappa shape index (κ2) is 2.98. The lowest BCUT2D eigenvalue weighted by molar-refractivity contribution is 0.848. The van der Waals surface area contributed by atoms with Gasteiger partial charge in [0.15, 0.2) is 4.77 Å². The summed E-state index contributed by atoms with van der Waals surface area (Å²) in [5, 5.41) is 3.92. The molecule has 5 nitrogen and oxygen atoms in total. The van der Waals surface area contributed by atoms with Crippen molar-refractivity contribution in [3.05, 3.63) is 39.8 Å². The van der Waals surface area contributed by atoms with Gasteiger partial charge in [0, 0.05) is 18.6 Å². The van der Waals surface area contributed by atoms with Gasteiger partial charge < -0.3 is 4.98 Å². The zero-order valence-corrected chi connectivity index (χ0v) is 7.34. The summed E-state index contributed by atoms with van der Waals surface area (Å²) in [5.41, 5.74) is 0.158. The predicted octanol–water partition coefficient (Wildman–Crippen LogP) is 0.618. The molecular weight excluding hydrogens is 188 g/mol. The standard InChI is InChI=1S/C7H6N4OS/c12-6-5(4-8-7(13)10-6)11-3-1-2-9-11/h1-4H,(H2,8,10,12,13). The maximum Gasteiger partial charge on any atom is 0.277 e. The summed E-state index contributed by atoms with van der Waals surface area (Å²) in [4.78, 5) is 16.5. The van der Waals surface area contributed by atoms with Crippen LogP contribution in [0.3, 0.4) is 0 Å². The minimum Gasteiger partial charge on any atom is -0.337 e. The average molecular weight is 194 g/mol. The van der Waals surface area contributed by atoms with E-state index in [0.717, 1.165) is 0 Å². The number of hydrogen-bond donors (Lipinski definition) is 2. The normalized spacial score (nSPS) is 10.2. The van der Waals surface area contributed by atoms with Crippen molar-refractivity contribution < 1.29 is 0 Å². The quantitative estimate of drug-likeness (QED) is 0.654. The van der Waals surface area contributed by atoms with Crippen LogP contribution in [0.15, 0.2) is 29.5 Å². The van der Waals surface area contributed by atoms with E-state index in [4.69, 9.17) is 12.2 Å². The lowest BCUT2D eigenvalue weighted by atomic mass is 10.5. The van der Waals surface area contributed by atoms with Crippen molar-refractivity contribution >= 4 is 12.2 Å². The molecule has 0 bridgehead atoms. The number of H-pyrrole nitrogens is 2.